The average molecular weight is 569 g/mol. The third kappa shape index (κ3) is 5.94. The van der Waals surface area contributed by atoms with Crippen LogP contribution in [0.25, 0.3) is 0 Å². The van der Waals surface area contributed by atoms with Crippen molar-refractivity contribution in [3.63, 3.8) is 0 Å². The Morgan fingerprint density at radius 2 is 1.37 bits per heavy atom. The molecule has 2 aliphatic heterocycles. The summed E-state index contributed by atoms with van der Waals surface area (Å²) in [5, 5.41) is 0. The highest BCUT2D eigenvalue weighted by atomic mass is 35.9. The zero-order valence-corrected chi connectivity index (χ0v) is 22.1. The third-order valence-electron chi connectivity index (χ3n) is 3.83. The second-order valence-electron chi connectivity index (χ2n) is 5.87. The Kier molecular flexibility index (Phi) is 7.59. The van der Waals surface area contributed by atoms with Gasteiger partial charge in [0, 0.05) is 19.6 Å². The molecule has 0 aromatic heterocycles. The average Bonchev–Trinajstić information content (AvgIpc) is 2.49. The van der Waals surface area contributed by atoms with Gasteiger partial charge in [-0.1, -0.05) is 30.3 Å². The van der Waals surface area contributed by atoms with Gasteiger partial charge in [0.2, 0.25) is 7.51 Å². The van der Waals surface area contributed by atoms with Gasteiger partial charge in [-0.3, -0.25) is 0 Å². The van der Waals surface area contributed by atoms with E-state index in [0.717, 1.165) is 25.1 Å². The zero-order valence-electron chi connectivity index (χ0n) is 14.0. The topological polar surface area (TPSA) is 55.9 Å². The molecule has 0 N–H and O–H groups in total. The summed E-state index contributed by atoms with van der Waals surface area (Å²) in [5.41, 5.74) is 1.10. The van der Waals surface area contributed by atoms with Crippen molar-refractivity contribution < 1.29 is 0 Å². The lowest BCUT2D eigenvalue weighted by molar-refractivity contribution is 0.334. The molecule has 1 atom stereocenters. The first-order chi connectivity index (χ1) is 12.4. The lowest BCUT2D eigenvalue weighted by Gasteiger charge is -2.44. The predicted octanol–water partition coefficient (Wildman–Crippen LogP) is 10.1. The van der Waals surface area contributed by atoms with Crippen LogP contribution in [0.3, 0.4) is 0 Å². The van der Waals surface area contributed by atoms with Crippen molar-refractivity contribution in [3.8, 4) is 0 Å². The highest BCUT2D eigenvalue weighted by Crippen LogP contribution is 2.87. The Bertz CT molecular complexity index is 932. The summed E-state index contributed by atoms with van der Waals surface area (Å²) in [5.74, 6) is -9.75. The first-order valence-corrected chi connectivity index (χ1v) is 19.8. The molecule has 0 aliphatic carbocycles. The van der Waals surface area contributed by atoms with E-state index in [0.29, 0.717) is 6.54 Å². The second kappa shape index (κ2) is 8.74. The number of halogens is 6. The van der Waals surface area contributed by atoms with Crippen LogP contribution in [-0.2, 0) is 6.54 Å². The Morgan fingerprint density at radius 3 is 2.00 bits per heavy atom. The van der Waals surface area contributed by atoms with E-state index < -0.39 is 25.2 Å². The number of rotatable bonds is 2. The van der Waals surface area contributed by atoms with Gasteiger partial charge in [0.05, 0.1) is 0 Å². The van der Waals surface area contributed by atoms with Crippen molar-refractivity contribution in [1.29, 1.82) is 0 Å². The van der Waals surface area contributed by atoms with Gasteiger partial charge in [-0.15, -0.1) is 0 Å². The van der Waals surface area contributed by atoms with Gasteiger partial charge < -0.3 is 0 Å². The van der Waals surface area contributed by atoms with E-state index in [1.54, 1.807) is 0 Å². The molecule has 1 aromatic carbocycles. The summed E-state index contributed by atoms with van der Waals surface area (Å²) in [6, 6.07) is 9.99. The van der Waals surface area contributed by atoms with Crippen molar-refractivity contribution in [2.24, 2.45) is 18.1 Å². The summed E-state index contributed by atoms with van der Waals surface area (Å²) in [6.07, 6.45) is 0.929. The van der Waals surface area contributed by atoms with E-state index in [1.807, 2.05) is 42.0 Å². The Morgan fingerprint density at radius 1 is 0.815 bits per heavy atom. The van der Waals surface area contributed by atoms with Crippen molar-refractivity contribution in [2.75, 3.05) is 20.1 Å². The minimum Gasteiger partial charge on any atom is -0.243 e. The number of hydrogen-bond donors (Lipinski definition) is 0. The maximum Gasteiger partial charge on any atom is 0.257 e. The van der Waals surface area contributed by atoms with Gasteiger partial charge in [-0.05, 0) is 86.5 Å². The summed E-state index contributed by atoms with van der Waals surface area (Å²) in [4.78, 5) is 0. The molecule has 6 nitrogen and oxygen atoms in total. The second-order valence-corrected chi connectivity index (χ2v) is 23.8. The summed E-state index contributed by atoms with van der Waals surface area (Å²) in [7, 11) is -0.913. The molecule has 3 rings (SSSR count). The number of benzene rings is 1. The van der Waals surface area contributed by atoms with E-state index >= 15 is 0 Å². The van der Waals surface area contributed by atoms with Crippen LogP contribution in [0, 0.1) is 0 Å². The van der Waals surface area contributed by atoms with Crippen LogP contribution in [0.1, 0.15) is 12.0 Å². The monoisotopic (exact) mass is 566 g/mol. The maximum atomic E-state index is 6.47. The van der Waals surface area contributed by atoms with Gasteiger partial charge in [0.15, 0.2) is 0 Å². The third-order valence-corrected chi connectivity index (χ3v) is 20.4. The molecular formula is C11H16Cl6N6P4. The molecule has 1 saturated heterocycles. The SMILES string of the molecule is CN1CCCN(Cc2ccccc2)P12=NP(Cl)(Cl)=NP(Cl)(Cl)=NP(Cl)(Cl)=N2. The molecule has 0 saturated carbocycles. The maximum absolute atomic E-state index is 6.47. The van der Waals surface area contributed by atoms with Gasteiger partial charge >= 0.3 is 0 Å². The molecule has 1 aromatic rings. The smallest absolute Gasteiger partial charge is 0.243 e. The summed E-state index contributed by atoms with van der Waals surface area (Å²) < 4.78 is 21.9. The fourth-order valence-corrected chi connectivity index (χ4v) is 25.4. The fraction of sp³-hybridized carbons (Fsp3) is 0.455. The van der Waals surface area contributed by atoms with Crippen molar-refractivity contribution in [3.05, 3.63) is 35.9 Å². The van der Waals surface area contributed by atoms with Crippen LogP contribution in [0.15, 0.2) is 48.4 Å². The minimum absolute atomic E-state index is 0.593. The molecule has 1 unspecified atom stereocenters. The molecule has 16 heteroatoms. The van der Waals surface area contributed by atoms with Crippen LogP contribution in [-0.4, -0.2) is 29.5 Å². The molecule has 152 valence electrons. The van der Waals surface area contributed by atoms with E-state index in [1.165, 1.54) is 0 Å². The van der Waals surface area contributed by atoms with Crippen LogP contribution in [0.5, 0.6) is 0 Å². The van der Waals surface area contributed by atoms with E-state index in [2.05, 4.69) is 13.7 Å². The Hall–Kier alpha value is 1.80. The Balaban J connectivity index is 2.23. The predicted molar refractivity (Wildman–Crippen MR) is 127 cm³/mol. The van der Waals surface area contributed by atoms with Crippen LogP contribution >= 0.6 is 92.7 Å². The molecule has 0 amide bonds. The normalized spacial score (nSPS) is 30.2. The molecule has 2 aliphatic rings. The molecule has 2 heterocycles. The first kappa shape index (κ1) is 23.5. The highest BCUT2D eigenvalue weighted by Gasteiger charge is 2.41. The Labute approximate surface area is 188 Å². The highest BCUT2D eigenvalue weighted by molar-refractivity contribution is 8.23. The van der Waals surface area contributed by atoms with Crippen LogP contribution in [0.4, 0.5) is 0 Å². The minimum atomic E-state index is -3.27. The van der Waals surface area contributed by atoms with E-state index in [9.17, 15) is 0 Å². The van der Waals surface area contributed by atoms with Crippen molar-refractivity contribution >= 4 is 92.7 Å². The molecule has 0 bridgehead atoms. The summed E-state index contributed by atoms with van der Waals surface area (Å²) >= 11 is 38.2. The molecule has 1 spiro atoms. The standard InChI is InChI=1S/C11H16Cl6N6P4/c1-22-8-5-9-23(10-11-6-3-2-4-7-11)27(22)20-25(14,15)18-24(12,13)19-26(16,17)21-27/h2-4,6-7H,5,8-10H2,1H3. The largest absolute Gasteiger partial charge is 0.257 e. The van der Waals surface area contributed by atoms with E-state index in [4.69, 9.17) is 76.5 Å². The summed E-state index contributed by atoms with van der Waals surface area (Å²) in [6.45, 7) is 2.08. The first-order valence-electron chi connectivity index (χ1n) is 7.67. The van der Waals surface area contributed by atoms with Gasteiger partial charge in [-0.25, -0.2) is 9.34 Å². The zero-order chi connectivity index (χ0) is 19.9. The van der Waals surface area contributed by atoms with Gasteiger partial charge in [0.1, 0.15) is 0 Å². The van der Waals surface area contributed by atoms with Gasteiger partial charge in [-0.2, -0.15) is 18.1 Å². The van der Waals surface area contributed by atoms with Crippen LogP contribution in [0.2, 0.25) is 0 Å². The molecule has 0 radical (unpaired) electrons. The lowest BCUT2D eigenvalue weighted by atomic mass is 10.2. The molecule has 1 fully saturated rings. The van der Waals surface area contributed by atoms with Crippen LogP contribution < -0.4 is 0 Å². The van der Waals surface area contributed by atoms with Crippen molar-refractivity contribution in [2.45, 2.75) is 13.0 Å². The lowest BCUT2D eigenvalue weighted by Crippen LogP contribution is -2.36. The van der Waals surface area contributed by atoms with E-state index in [-0.39, 0.29) is 0 Å². The van der Waals surface area contributed by atoms with Gasteiger partial charge in [0.25, 0.3) is 17.7 Å². The number of hydrogen-bond acceptors (Lipinski definition) is 6. The molecular weight excluding hydrogens is 553 g/mol. The quantitative estimate of drug-likeness (QED) is 0.333. The van der Waals surface area contributed by atoms with Crippen molar-refractivity contribution in [1.82, 2.24) is 9.34 Å². The molecule has 27 heavy (non-hydrogen) atoms. The number of nitrogens with zero attached hydrogens (tertiary/aromatic N) is 6. The fourth-order valence-electron chi connectivity index (χ4n) is 2.80.